The van der Waals surface area contributed by atoms with Gasteiger partial charge in [-0.2, -0.15) is 5.10 Å². The number of ether oxygens (including phenoxy) is 1. The number of rotatable bonds is 4. The summed E-state index contributed by atoms with van der Waals surface area (Å²) < 4.78 is 9.08. The van der Waals surface area contributed by atoms with Crippen LogP contribution in [0.3, 0.4) is 0 Å². The van der Waals surface area contributed by atoms with E-state index in [1.165, 1.54) is 6.07 Å². The molecule has 26 heavy (non-hydrogen) atoms. The predicted molar refractivity (Wildman–Crippen MR) is 92.0 cm³/mol. The van der Waals surface area contributed by atoms with Gasteiger partial charge < -0.3 is 19.3 Å². The predicted octanol–water partition coefficient (Wildman–Crippen LogP) is 1.78. The summed E-state index contributed by atoms with van der Waals surface area (Å²) in [5.41, 5.74) is 1.17. The number of carbonyl (C=O) groups excluding carboxylic acids is 1. The van der Waals surface area contributed by atoms with E-state index in [-0.39, 0.29) is 30.2 Å². The summed E-state index contributed by atoms with van der Waals surface area (Å²) in [6.07, 6.45) is 5.49. The Labute approximate surface area is 151 Å². The molecule has 1 fully saturated rings. The van der Waals surface area contributed by atoms with E-state index >= 15 is 0 Å². The van der Waals surface area contributed by atoms with E-state index in [4.69, 9.17) is 4.74 Å². The third kappa shape index (κ3) is 2.70. The van der Waals surface area contributed by atoms with Gasteiger partial charge >= 0.3 is 5.97 Å². The first-order chi connectivity index (χ1) is 12.6. The molecule has 8 heteroatoms. The van der Waals surface area contributed by atoms with Crippen molar-refractivity contribution >= 4 is 11.9 Å². The average molecular weight is 358 g/mol. The topological polar surface area (TPSA) is 89.6 Å². The summed E-state index contributed by atoms with van der Waals surface area (Å²) >= 11 is 0. The molecule has 2 atom stereocenters. The van der Waals surface area contributed by atoms with Crippen molar-refractivity contribution < 1.29 is 19.4 Å². The Morgan fingerprint density at radius 1 is 1.38 bits per heavy atom. The lowest BCUT2D eigenvalue weighted by atomic mass is 10.1. The molecule has 0 aliphatic carbocycles. The minimum atomic E-state index is -1.03. The number of likely N-dealkylation sites (tertiary alicyclic amines) is 1. The molecule has 0 radical (unpaired) electrons. The van der Waals surface area contributed by atoms with E-state index in [0.29, 0.717) is 31.1 Å². The van der Waals surface area contributed by atoms with E-state index < -0.39 is 5.97 Å². The summed E-state index contributed by atoms with van der Waals surface area (Å²) in [6, 6.07) is 3.49. The van der Waals surface area contributed by atoms with Gasteiger partial charge in [-0.05, 0) is 31.9 Å². The number of carbonyl (C=O) groups is 2. The van der Waals surface area contributed by atoms with Crippen molar-refractivity contribution in [3.8, 4) is 0 Å². The highest BCUT2D eigenvalue weighted by Crippen LogP contribution is 2.30. The molecule has 0 spiro atoms. The zero-order chi connectivity index (χ0) is 18.3. The van der Waals surface area contributed by atoms with Crippen LogP contribution in [0.25, 0.3) is 0 Å². The number of hydrogen-bond donors (Lipinski definition) is 1. The second-order valence-electron chi connectivity index (χ2n) is 6.83. The summed E-state index contributed by atoms with van der Waals surface area (Å²) in [5, 5.41) is 13.8. The molecular weight excluding hydrogens is 336 g/mol. The zero-order valence-corrected chi connectivity index (χ0v) is 14.7. The number of fused-ring (bicyclic) bond motifs is 1. The molecule has 2 unspecified atom stereocenters. The van der Waals surface area contributed by atoms with Gasteiger partial charge in [0.25, 0.3) is 5.91 Å². The first-order valence-corrected chi connectivity index (χ1v) is 8.91. The molecule has 138 valence electrons. The number of amides is 1. The number of carboxylic acids is 1. The molecule has 8 nitrogen and oxygen atoms in total. The highest BCUT2D eigenvalue weighted by atomic mass is 16.5. The van der Waals surface area contributed by atoms with Gasteiger partial charge in [-0.15, -0.1) is 0 Å². The van der Waals surface area contributed by atoms with Crippen molar-refractivity contribution in [3.63, 3.8) is 0 Å². The molecule has 2 aliphatic heterocycles. The monoisotopic (exact) mass is 358 g/mol. The molecule has 1 amide bonds. The summed E-state index contributed by atoms with van der Waals surface area (Å²) in [4.78, 5) is 26.7. The molecule has 2 aromatic rings. The fraction of sp³-hybridized carbons (Fsp3) is 0.500. The van der Waals surface area contributed by atoms with Crippen LogP contribution in [-0.2, 0) is 17.9 Å². The maximum absolute atomic E-state index is 13.3. The Morgan fingerprint density at radius 3 is 2.96 bits per heavy atom. The van der Waals surface area contributed by atoms with Crippen molar-refractivity contribution in [3.05, 3.63) is 41.5 Å². The van der Waals surface area contributed by atoms with Crippen molar-refractivity contribution in [2.45, 2.75) is 45.0 Å². The van der Waals surface area contributed by atoms with Gasteiger partial charge in [0.1, 0.15) is 5.69 Å². The van der Waals surface area contributed by atoms with Crippen LogP contribution in [0.2, 0.25) is 0 Å². The minimum Gasteiger partial charge on any atom is -0.478 e. The summed E-state index contributed by atoms with van der Waals surface area (Å²) in [6.45, 7) is 3.94. The minimum absolute atomic E-state index is 0.0432. The Hall–Kier alpha value is -2.61. The Bertz CT molecular complexity index is 827. The smallest absolute Gasteiger partial charge is 0.337 e. The average Bonchev–Trinajstić information content (AvgIpc) is 3.39. The second kappa shape index (κ2) is 6.60. The lowest BCUT2D eigenvalue weighted by Crippen LogP contribution is -2.41. The van der Waals surface area contributed by atoms with Crippen LogP contribution >= 0.6 is 0 Å². The fourth-order valence-corrected chi connectivity index (χ4v) is 4.08. The van der Waals surface area contributed by atoms with Gasteiger partial charge in [0, 0.05) is 25.5 Å². The van der Waals surface area contributed by atoms with Gasteiger partial charge in [-0.25, -0.2) is 4.79 Å². The maximum Gasteiger partial charge on any atom is 0.337 e. The highest BCUT2D eigenvalue weighted by Gasteiger charge is 2.36. The molecular formula is C18H22N4O4. The standard InChI is InChI=1S/C18H22N4O4/c1-12(22-7-3-5-19-22)14-4-2-6-21(14)17(23)15-10-13(18(24)25)16-11-26-9-8-20(15)16/h3,5,7,10,12,14H,2,4,6,8-9,11H2,1H3,(H,24,25). The fourth-order valence-electron chi connectivity index (χ4n) is 4.08. The first kappa shape index (κ1) is 16.8. The quantitative estimate of drug-likeness (QED) is 0.900. The van der Waals surface area contributed by atoms with Crippen LogP contribution in [0.15, 0.2) is 24.5 Å². The maximum atomic E-state index is 13.3. The van der Waals surface area contributed by atoms with Crippen molar-refractivity contribution in [1.82, 2.24) is 19.2 Å². The van der Waals surface area contributed by atoms with Crippen LogP contribution in [0.1, 0.15) is 52.3 Å². The van der Waals surface area contributed by atoms with E-state index in [1.807, 2.05) is 26.4 Å². The van der Waals surface area contributed by atoms with Crippen molar-refractivity contribution in [1.29, 1.82) is 0 Å². The van der Waals surface area contributed by atoms with E-state index in [2.05, 4.69) is 12.0 Å². The number of aromatic carboxylic acids is 1. The Balaban J connectivity index is 1.66. The van der Waals surface area contributed by atoms with E-state index in [1.54, 1.807) is 6.20 Å². The Morgan fingerprint density at radius 2 is 2.23 bits per heavy atom. The molecule has 2 aromatic heterocycles. The lowest BCUT2D eigenvalue weighted by molar-refractivity contribution is 0.0622. The largest absolute Gasteiger partial charge is 0.478 e. The number of carboxylic acid groups (broad SMARTS) is 1. The zero-order valence-electron chi connectivity index (χ0n) is 14.7. The number of nitrogens with zero attached hydrogens (tertiary/aromatic N) is 4. The first-order valence-electron chi connectivity index (χ1n) is 8.91. The van der Waals surface area contributed by atoms with Crippen LogP contribution in [0.5, 0.6) is 0 Å². The van der Waals surface area contributed by atoms with Crippen LogP contribution < -0.4 is 0 Å². The summed E-state index contributed by atoms with van der Waals surface area (Å²) in [7, 11) is 0. The molecule has 4 heterocycles. The molecule has 0 aromatic carbocycles. The van der Waals surface area contributed by atoms with Gasteiger partial charge in [-0.1, -0.05) is 0 Å². The highest BCUT2D eigenvalue weighted by molar-refractivity contribution is 5.98. The van der Waals surface area contributed by atoms with Crippen LogP contribution in [0, 0.1) is 0 Å². The van der Waals surface area contributed by atoms with Crippen LogP contribution in [-0.4, -0.2) is 55.4 Å². The van der Waals surface area contributed by atoms with Crippen molar-refractivity contribution in [2.75, 3.05) is 13.2 Å². The summed E-state index contributed by atoms with van der Waals surface area (Å²) in [5.74, 6) is -1.14. The second-order valence-corrected chi connectivity index (χ2v) is 6.83. The van der Waals surface area contributed by atoms with E-state index in [0.717, 1.165) is 12.8 Å². The molecule has 0 saturated carbocycles. The van der Waals surface area contributed by atoms with Gasteiger partial charge in [0.15, 0.2) is 0 Å². The third-order valence-corrected chi connectivity index (χ3v) is 5.42. The van der Waals surface area contributed by atoms with E-state index in [9.17, 15) is 14.7 Å². The number of aromatic nitrogens is 3. The normalized spacial score (nSPS) is 20.8. The Kier molecular flexibility index (Phi) is 4.28. The molecule has 1 N–H and O–H groups in total. The molecule has 1 saturated heterocycles. The molecule has 2 aliphatic rings. The van der Waals surface area contributed by atoms with Gasteiger partial charge in [-0.3, -0.25) is 9.48 Å². The molecule has 0 bridgehead atoms. The van der Waals surface area contributed by atoms with Crippen LogP contribution in [0.4, 0.5) is 0 Å². The van der Waals surface area contributed by atoms with Crippen molar-refractivity contribution in [2.24, 2.45) is 0 Å². The molecule has 4 rings (SSSR count). The number of hydrogen-bond acceptors (Lipinski definition) is 4. The lowest BCUT2D eigenvalue weighted by Gasteiger charge is -2.30. The van der Waals surface area contributed by atoms with Gasteiger partial charge in [0.2, 0.25) is 0 Å². The third-order valence-electron chi connectivity index (χ3n) is 5.42. The van der Waals surface area contributed by atoms with Gasteiger partial charge in [0.05, 0.1) is 36.6 Å². The SMILES string of the molecule is CC(C1CCCN1C(=O)c1cc(C(=O)O)c2n1CCOC2)n1cccn1.